The number of nitrogens with one attached hydrogen (secondary N) is 1. The van der Waals surface area contributed by atoms with Crippen LogP contribution in [0.15, 0.2) is 88.6 Å². The molecule has 1 amide bonds. The molecule has 0 aliphatic carbocycles. The van der Waals surface area contributed by atoms with Crippen molar-refractivity contribution < 1.29 is 70.2 Å². The predicted molar refractivity (Wildman–Crippen MR) is 168 cm³/mol. The van der Waals surface area contributed by atoms with E-state index >= 15 is 0 Å². The monoisotopic (exact) mass is 760 g/mol. The smallest absolute Gasteiger partial charge is 0.296 e. The van der Waals surface area contributed by atoms with Crippen LogP contribution in [0.3, 0.4) is 0 Å². The molecular weight excluding hydrogens is 741 g/mol. The van der Waals surface area contributed by atoms with Gasteiger partial charge < -0.3 is 21.3 Å². The van der Waals surface area contributed by atoms with Gasteiger partial charge in [0.2, 0.25) is 5.91 Å². The van der Waals surface area contributed by atoms with Crippen LogP contribution in [0, 0.1) is 0 Å². The van der Waals surface area contributed by atoms with Gasteiger partial charge in [-0.15, -0.1) is 29.1 Å². The van der Waals surface area contributed by atoms with Gasteiger partial charge in [-0.2, -0.15) is 16.8 Å². The molecule has 4 aromatic rings. The second-order valence-electron chi connectivity index (χ2n) is 9.13. The first kappa shape index (κ1) is 37.3. The maximum absolute atomic E-state index is 12.4. The van der Waals surface area contributed by atoms with Crippen molar-refractivity contribution in [1.82, 2.24) is 0 Å². The highest BCUT2D eigenvalue weighted by atomic mass is 32.2. The second-order valence-corrected chi connectivity index (χ2v) is 13.4. The number of carbonyl (C=O) groups excluding carboxylic acids is 1. The molecule has 25 heteroatoms. The van der Waals surface area contributed by atoms with Crippen molar-refractivity contribution in [3.63, 3.8) is 0 Å². The Bertz CT molecular complexity index is 2220. The maximum atomic E-state index is 12.4. The van der Waals surface area contributed by atoms with Gasteiger partial charge in [0.05, 0.1) is 39.3 Å². The van der Waals surface area contributed by atoms with Crippen molar-refractivity contribution in [2.45, 2.75) is 26.5 Å². The average molecular weight is 761 g/mol. The molecule has 0 saturated carbocycles. The third kappa shape index (κ3) is 8.94. The lowest BCUT2D eigenvalue weighted by molar-refractivity contribution is -0.432. The van der Waals surface area contributed by atoms with Gasteiger partial charge in [-0.05, 0) is 53.9 Å². The Kier molecular flexibility index (Phi) is 11.7. The fourth-order valence-electron chi connectivity index (χ4n) is 3.99. The molecule has 0 unspecified atom stereocenters. The van der Waals surface area contributed by atoms with Gasteiger partial charge in [0.1, 0.15) is 32.5 Å². The van der Waals surface area contributed by atoms with Crippen LogP contribution in [0.4, 0.5) is 34.1 Å². The summed E-state index contributed by atoms with van der Waals surface area (Å²) in [6.45, 7) is 1.15. The van der Waals surface area contributed by atoms with Crippen molar-refractivity contribution >= 4 is 95.1 Å². The number of benzene rings is 4. The summed E-state index contributed by atoms with van der Waals surface area (Å²) in [4.78, 5) is 9.38. The Morgan fingerprint density at radius 3 is 1.94 bits per heavy atom. The van der Waals surface area contributed by atoms with Crippen LogP contribution in [-0.4, -0.2) is 52.6 Å². The van der Waals surface area contributed by atoms with Gasteiger partial charge in [0.15, 0.2) is 11.5 Å². The van der Waals surface area contributed by atoms with Gasteiger partial charge in [0, 0.05) is 18.3 Å². The Hall–Kier alpha value is -4.51. The molecular formula is C24H20N6O15S4. The minimum Gasteiger partial charge on any atom is -0.505 e. The van der Waals surface area contributed by atoms with E-state index in [9.17, 15) is 40.9 Å². The molecule has 0 aliphatic rings. The molecule has 0 fully saturated rings. The summed E-state index contributed by atoms with van der Waals surface area (Å²) in [5, 5.41) is 63.4. The molecule has 260 valence electrons. The molecule has 49 heavy (non-hydrogen) atoms. The molecule has 0 heterocycles. The summed E-state index contributed by atoms with van der Waals surface area (Å²) in [6, 6.07) is 8.92. The van der Waals surface area contributed by atoms with E-state index in [0.717, 1.165) is 31.2 Å². The summed E-state index contributed by atoms with van der Waals surface area (Å²) in [5.41, 5.74) is 3.85. The van der Waals surface area contributed by atoms with Gasteiger partial charge in [-0.1, -0.05) is 10.1 Å². The van der Waals surface area contributed by atoms with Crippen molar-refractivity contribution in [1.29, 1.82) is 0 Å². The van der Waals surface area contributed by atoms with Crippen LogP contribution in [0.5, 0.6) is 11.5 Å². The van der Waals surface area contributed by atoms with Crippen LogP contribution in [-0.2, 0) is 43.8 Å². The molecule has 0 bridgehead atoms. The molecule has 4 aromatic carbocycles. The Morgan fingerprint density at radius 1 is 0.755 bits per heavy atom. The largest absolute Gasteiger partial charge is 0.505 e. The first-order chi connectivity index (χ1) is 23.0. The average Bonchev–Trinajstić information content (AvgIpc) is 3.01. The fraction of sp³-hybridized carbons (Fsp3) is 0.0417. The van der Waals surface area contributed by atoms with Gasteiger partial charge in [-0.25, -0.2) is 10.5 Å². The number of carbonyl (C=O) groups is 1. The zero-order chi connectivity index (χ0) is 36.1. The number of azo groups is 2. The number of hydrogen-bond acceptors (Lipinski definition) is 20. The first-order valence-corrected chi connectivity index (χ1v) is 16.9. The quantitative estimate of drug-likeness (QED) is 0.0194. The predicted octanol–water partition coefficient (Wildman–Crippen LogP) is 5.97. The lowest BCUT2D eigenvalue weighted by Gasteiger charge is -2.13. The Labute approximate surface area is 282 Å². The van der Waals surface area contributed by atoms with Crippen LogP contribution < -0.4 is 11.1 Å². The molecule has 0 atom stereocenters. The number of nitrogens with two attached hydrogens (primary N) is 1. The molecule has 0 aliphatic heterocycles. The van der Waals surface area contributed by atoms with Crippen LogP contribution in [0.1, 0.15) is 6.92 Å². The molecule has 0 aromatic heterocycles. The highest BCUT2D eigenvalue weighted by molar-refractivity contribution is 7.95. The standard InChI is InChI=1S/C24H20N6O15S4/c1-10(31)26-13-3-5-15(18(9-13)48(36,37)38)28-29-21-17(47-45-43-35)6-11-7-19(49(39,40)41)22(24(33)20(11)23(21)32)30-27-14-4-2-12(25)8-16(14)46-44-42-34/h2-9,32-35H,25H2,1H3,(H,26,31)(H,36,37,38)(H,39,40,41)/b29-28+,30-27+. The minimum absolute atomic E-state index is 0.0300. The van der Waals surface area contributed by atoms with Crippen LogP contribution in [0.2, 0.25) is 0 Å². The third-order valence-corrected chi connectivity index (χ3v) is 8.90. The number of nitrogens with zero attached hydrogens (tertiary/aromatic N) is 4. The van der Waals surface area contributed by atoms with E-state index in [0.29, 0.717) is 12.0 Å². The highest BCUT2D eigenvalue weighted by Crippen LogP contribution is 2.51. The lowest BCUT2D eigenvalue weighted by Crippen LogP contribution is -2.07. The number of rotatable bonds is 13. The van der Waals surface area contributed by atoms with Crippen molar-refractivity contribution in [2.75, 3.05) is 11.1 Å². The summed E-state index contributed by atoms with van der Waals surface area (Å²) in [6.07, 6.45) is 0. The minimum atomic E-state index is -5.16. The summed E-state index contributed by atoms with van der Waals surface area (Å²) in [7, 11) is -10.1. The molecule has 21 nitrogen and oxygen atoms in total. The van der Waals surface area contributed by atoms with E-state index in [-0.39, 0.29) is 44.3 Å². The highest BCUT2D eigenvalue weighted by Gasteiger charge is 2.27. The molecule has 0 saturated heterocycles. The SMILES string of the molecule is CC(=O)Nc1ccc(/N=N/c2c(SOOO)cc3cc(S(=O)(=O)O)c(/N=N/c4ccc(N)cc4SOOO)c(O)c3c2O)c(S(=O)(=O)O)c1. The van der Waals surface area contributed by atoms with Crippen LogP contribution in [0.25, 0.3) is 10.8 Å². The molecule has 0 spiro atoms. The number of phenolic OH excluding ortho intramolecular Hbond substituents is 2. The number of aromatic hydroxyl groups is 2. The van der Waals surface area contributed by atoms with E-state index < -0.39 is 69.9 Å². The van der Waals surface area contributed by atoms with Gasteiger partial charge in [0.25, 0.3) is 20.2 Å². The zero-order valence-electron chi connectivity index (χ0n) is 24.0. The van der Waals surface area contributed by atoms with E-state index in [2.05, 4.69) is 44.5 Å². The normalized spacial score (nSPS) is 12.3. The Balaban J connectivity index is 1.96. The van der Waals surface area contributed by atoms with Crippen molar-refractivity contribution in [3.05, 3.63) is 48.5 Å². The number of phenols is 2. The number of anilines is 2. The number of hydrogen-bond donors (Lipinski definition) is 8. The zero-order valence-corrected chi connectivity index (χ0v) is 27.2. The topological polar surface area (TPSA) is 331 Å². The summed E-state index contributed by atoms with van der Waals surface area (Å²) >= 11 is 0.603. The molecule has 9 N–H and O–H groups in total. The Morgan fingerprint density at radius 2 is 1.33 bits per heavy atom. The van der Waals surface area contributed by atoms with E-state index in [1.54, 1.807) is 0 Å². The van der Waals surface area contributed by atoms with Crippen molar-refractivity contribution in [3.8, 4) is 11.5 Å². The van der Waals surface area contributed by atoms with E-state index in [4.69, 9.17) is 16.2 Å². The van der Waals surface area contributed by atoms with Gasteiger partial charge >= 0.3 is 0 Å². The van der Waals surface area contributed by atoms with Gasteiger partial charge in [-0.3, -0.25) is 13.9 Å². The number of nitrogen functional groups attached to an aromatic ring is 1. The molecule has 4 rings (SSSR count). The lowest BCUT2D eigenvalue weighted by atomic mass is 10.1. The van der Waals surface area contributed by atoms with E-state index in [1.165, 1.54) is 24.3 Å². The first-order valence-electron chi connectivity index (χ1n) is 12.5. The fourth-order valence-corrected chi connectivity index (χ4v) is 6.27. The number of amides is 1. The summed E-state index contributed by atoms with van der Waals surface area (Å²) < 4.78 is 77.4. The third-order valence-electron chi connectivity index (χ3n) is 5.89. The molecule has 0 radical (unpaired) electrons. The second kappa shape index (κ2) is 15.4. The maximum Gasteiger partial charge on any atom is 0.296 e. The number of fused-ring (bicyclic) bond motifs is 1. The van der Waals surface area contributed by atoms with E-state index in [1.807, 2.05) is 0 Å². The van der Waals surface area contributed by atoms with Crippen molar-refractivity contribution in [2.24, 2.45) is 20.5 Å². The summed E-state index contributed by atoms with van der Waals surface area (Å²) in [5.74, 6) is -2.59. The van der Waals surface area contributed by atoms with Crippen LogP contribution >= 0.6 is 24.1 Å².